The van der Waals surface area contributed by atoms with Crippen LogP contribution in [0.25, 0.3) is 10.9 Å². The Bertz CT molecular complexity index is 1580. The van der Waals surface area contributed by atoms with Gasteiger partial charge >= 0.3 is 5.97 Å². The molecule has 216 valence electrons. The molecule has 11 heteroatoms. The molecule has 2 atom stereocenters. The molecule has 0 radical (unpaired) electrons. The van der Waals surface area contributed by atoms with E-state index in [1.165, 1.54) is 12.1 Å². The number of nitrogens with zero attached hydrogens (tertiary/aromatic N) is 3. The molecule has 2 aromatic carbocycles. The third kappa shape index (κ3) is 6.79. The minimum absolute atomic E-state index is 0.00484. The molecule has 0 unspecified atom stereocenters. The topological polar surface area (TPSA) is 124 Å². The zero-order chi connectivity index (χ0) is 29.9. The molecule has 2 heterocycles. The van der Waals surface area contributed by atoms with E-state index in [1.807, 2.05) is 23.7 Å². The van der Waals surface area contributed by atoms with Crippen molar-refractivity contribution in [3.05, 3.63) is 77.5 Å². The SMILES string of the molecule is CCn1ncc2c(Nc3nc(N[C@H](c4ccccc4F)[C@H](C)CC(=O)OC(C)(C)C)c(F)cc3C(N)=O)cccc21. The molecular formula is C30H34F2N6O3. The van der Waals surface area contributed by atoms with Crippen LogP contribution in [-0.4, -0.2) is 32.2 Å². The van der Waals surface area contributed by atoms with Gasteiger partial charge in [-0.05, 0) is 57.9 Å². The molecule has 0 aliphatic carbocycles. The fourth-order valence-electron chi connectivity index (χ4n) is 4.63. The first-order valence-corrected chi connectivity index (χ1v) is 13.3. The van der Waals surface area contributed by atoms with Crippen LogP contribution in [-0.2, 0) is 16.1 Å². The fourth-order valence-corrected chi connectivity index (χ4v) is 4.63. The molecule has 0 bridgehead atoms. The maximum Gasteiger partial charge on any atom is 0.306 e. The summed E-state index contributed by atoms with van der Waals surface area (Å²) in [5, 5.41) is 11.2. The number of rotatable bonds is 10. The van der Waals surface area contributed by atoms with Crippen LogP contribution in [0.2, 0.25) is 0 Å². The third-order valence-corrected chi connectivity index (χ3v) is 6.49. The molecular weight excluding hydrogens is 530 g/mol. The number of hydrogen-bond acceptors (Lipinski definition) is 7. The van der Waals surface area contributed by atoms with E-state index in [1.54, 1.807) is 52.1 Å². The van der Waals surface area contributed by atoms with Crippen LogP contribution >= 0.6 is 0 Å². The summed E-state index contributed by atoms with van der Waals surface area (Å²) in [4.78, 5) is 29.2. The second kappa shape index (κ2) is 11.9. The van der Waals surface area contributed by atoms with E-state index >= 15 is 4.39 Å². The molecule has 41 heavy (non-hydrogen) atoms. The number of anilines is 3. The molecule has 0 saturated heterocycles. The van der Waals surface area contributed by atoms with Gasteiger partial charge in [-0.1, -0.05) is 31.2 Å². The van der Waals surface area contributed by atoms with Crippen LogP contribution in [0.4, 0.5) is 26.1 Å². The van der Waals surface area contributed by atoms with E-state index in [9.17, 15) is 14.0 Å². The van der Waals surface area contributed by atoms with Crippen molar-refractivity contribution in [3.8, 4) is 0 Å². The standard InChI is InChI=1S/C30H34F2N6O3/c1-6-38-24-13-9-12-23(20(24)16-34-38)35-28-19(27(33)40)15-22(32)29(37-28)36-26(18-10-7-8-11-21(18)31)17(2)14-25(39)41-30(3,4)5/h7-13,15-17,26H,6,14H2,1-5H3,(H2,33,40)(H2,35,36,37)/t17-,26+/m1/s1. The number of aromatic nitrogens is 3. The lowest BCUT2D eigenvalue weighted by atomic mass is 9.91. The third-order valence-electron chi connectivity index (χ3n) is 6.49. The Balaban J connectivity index is 1.73. The summed E-state index contributed by atoms with van der Waals surface area (Å²) >= 11 is 0. The van der Waals surface area contributed by atoms with Gasteiger partial charge < -0.3 is 21.1 Å². The second-order valence-corrected chi connectivity index (χ2v) is 10.8. The first-order chi connectivity index (χ1) is 19.4. The number of carbonyl (C=O) groups is 2. The number of halogens is 2. The number of benzene rings is 2. The van der Waals surface area contributed by atoms with Crippen molar-refractivity contribution in [1.29, 1.82) is 0 Å². The largest absolute Gasteiger partial charge is 0.460 e. The zero-order valence-corrected chi connectivity index (χ0v) is 23.7. The molecule has 0 fully saturated rings. The van der Waals surface area contributed by atoms with Gasteiger partial charge in [0.25, 0.3) is 5.91 Å². The second-order valence-electron chi connectivity index (χ2n) is 10.8. The van der Waals surface area contributed by atoms with E-state index < -0.39 is 41.1 Å². The van der Waals surface area contributed by atoms with Crippen LogP contribution in [0.1, 0.15) is 63.0 Å². The summed E-state index contributed by atoms with van der Waals surface area (Å²) < 4.78 is 37.6. The molecule has 4 aromatic rings. The lowest BCUT2D eigenvalue weighted by molar-refractivity contribution is -0.156. The number of nitrogens with one attached hydrogen (secondary N) is 2. The molecule has 0 aliphatic heterocycles. The molecule has 4 N–H and O–H groups in total. The number of amides is 1. The number of ether oxygens (including phenoxy) is 1. The van der Waals surface area contributed by atoms with Gasteiger partial charge in [0.15, 0.2) is 11.6 Å². The number of esters is 1. The van der Waals surface area contributed by atoms with Crippen molar-refractivity contribution >= 4 is 40.1 Å². The van der Waals surface area contributed by atoms with Crippen molar-refractivity contribution < 1.29 is 23.1 Å². The van der Waals surface area contributed by atoms with Gasteiger partial charge in [0, 0.05) is 17.5 Å². The molecule has 0 saturated carbocycles. The number of aryl methyl sites for hydroxylation is 1. The molecule has 0 spiro atoms. The average molecular weight is 565 g/mol. The average Bonchev–Trinajstić information content (AvgIpc) is 3.32. The van der Waals surface area contributed by atoms with E-state index in [0.717, 1.165) is 17.0 Å². The number of primary amides is 1. The van der Waals surface area contributed by atoms with Gasteiger partial charge in [0.1, 0.15) is 17.2 Å². The van der Waals surface area contributed by atoms with Gasteiger partial charge in [0.2, 0.25) is 0 Å². The summed E-state index contributed by atoms with van der Waals surface area (Å²) in [6.45, 7) is 9.61. The van der Waals surface area contributed by atoms with Crippen molar-refractivity contribution in [2.75, 3.05) is 10.6 Å². The summed E-state index contributed by atoms with van der Waals surface area (Å²) in [5.41, 5.74) is 6.35. The number of carbonyl (C=O) groups excluding carboxylic acids is 2. The molecule has 0 aliphatic rings. The quantitative estimate of drug-likeness (QED) is 0.199. The Morgan fingerprint density at radius 3 is 2.46 bits per heavy atom. The summed E-state index contributed by atoms with van der Waals surface area (Å²) in [7, 11) is 0. The van der Waals surface area contributed by atoms with Gasteiger partial charge in [-0.2, -0.15) is 5.10 Å². The molecule has 1 amide bonds. The Morgan fingerprint density at radius 2 is 1.80 bits per heavy atom. The van der Waals surface area contributed by atoms with Crippen LogP contribution < -0.4 is 16.4 Å². The minimum atomic E-state index is -0.883. The zero-order valence-electron chi connectivity index (χ0n) is 23.7. The Morgan fingerprint density at radius 1 is 1.07 bits per heavy atom. The normalized spacial score (nSPS) is 13.0. The highest BCUT2D eigenvalue weighted by molar-refractivity contribution is 6.00. The summed E-state index contributed by atoms with van der Waals surface area (Å²) in [5.74, 6) is -3.55. The molecule has 2 aromatic heterocycles. The smallest absolute Gasteiger partial charge is 0.306 e. The number of nitrogens with two attached hydrogens (primary N) is 1. The lowest BCUT2D eigenvalue weighted by Gasteiger charge is -2.28. The summed E-state index contributed by atoms with van der Waals surface area (Å²) in [6.07, 6.45) is 1.61. The van der Waals surface area contributed by atoms with Gasteiger partial charge in [0.05, 0.1) is 35.4 Å². The number of fused-ring (bicyclic) bond motifs is 1. The predicted octanol–water partition coefficient (Wildman–Crippen LogP) is 6.09. The Kier molecular flexibility index (Phi) is 8.55. The highest BCUT2D eigenvalue weighted by atomic mass is 19.1. The highest BCUT2D eigenvalue weighted by Gasteiger charge is 2.29. The molecule has 9 nitrogen and oxygen atoms in total. The van der Waals surface area contributed by atoms with Crippen LogP contribution in [0.5, 0.6) is 0 Å². The summed E-state index contributed by atoms with van der Waals surface area (Å²) in [6, 6.07) is 11.6. The maximum atomic E-state index is 15.4. The van der Waals surface area contributed by atoms with Crippen molar-refractivity contribution in [2.45, 2.75) is 59.2 Å². The number of pyridine rings is 1. The Labute approximate surface area is 237 Å². The first kappa shape index (κ1) is 29.4. The van der Waals surface area contributed by atoms with Gasteiger partial charge in [-0.3, -0.25) is 14.3 Å². The number of hydrogen-bond donors (Lipinski definition) is 3. The first-order valence-electron chi connectivity index (χ1n) is 13.3. The monoisotopic (exact) mass is 564 g/mol. The lowest BCUT2D eigenvalue weighted by Crippen LogP contribution is -2.28. The fraction of sp³-hybridized carbons (Fsp3) is 0.333. The van der Waals surface area contributed by atoms with Crippen LogP contribution in [0.3, 0.4) is 0 Å². The van der Waals surface area contributed by atoms with Crippen LogP contribution in [0.15, 0.2) is 54.7 Å². The maximum absolute atomic E-state index is 15.4. The van der Waals surface area contributed by atoms with E-state index in [2.05, 4.69) is 20.7 Å². The van der Waals surface area contributed by atoms with Gasteiger partial charge in [-0.25, -0.2) is 13.8 Å². The molecule has 4 rings (SSSR count). The van der Waals surface area contributed by atoms with Gasteiger partial charge in [-0.15, -0.1) is 0 Å². The highest BCUT2D eigenvalue weighted by Crippen LogP contribution is 2.34. The Hall–Kier alpha value is -4.54. The van der Waals surface area contributed by atoms with Crippen molar-refractivity contribution in [2.24, 2.45) is 11.7 Å². The minimum Gasteiger partial charge on any atom is -0.460 e. The van der Waals surface area contributed by atoms with E-state index in [4.69, 9.17) is 10.5 Å². The van der Waals surface area contributed by atoms with E-state index in [-0.39, 0.29) is 29.2 Å². The van der Waals surface area contributed by atoms with Crippen LogP contribution in [0, 0.1) is 17.6 Å². The van der Waals surface area contributed by atoms with Crippen molar-refractivity contribution in [1.82, 2.24) is 14.8 Å². The predicted molar refractivity (Wildman–Crippen MR) is 154 cm³/mol. The van der Waals surface area contributed by atoms with E-state index in [0.29, 0.717) is 12.2 Å². The van der Waals surface area contributed by atoms with Crippen molar-refractivity contribution in [3.63, 3.8) is 0 Å².